The van der Waals surface area contributed by atoms with Crippen molar-refractivity contribution in [2.75, 3.05) is 0 Å². The minimum absolute atomic E-state index is 0.354. The number of nitrogens with two attached hydrogens (primary N) is 1. The summed E-state index contributed by atoms with van der Waals surface area (Å²) in [6, 6.07) is 8.31. The van der Waals surface area contributed by atoms with Crippen LogP contribution in [0.2, 0.25) is 0 Å². The van der Waals surface area contributed by atoms with Gasteiger partial charge in [-0.3, -0.25) is 0 Å². The molecule has 4 N–H and O–H groups in total. The Morgan fingerprint density at radius 3 is 2.38 bits per heavy atom. The van der Waals surface area contributed by atoms with Gasteiger partial charge in [-0.1, -0.05) is 30.3 Å². The molecule has 1 aromatic carbocycles. The van der Waals surface area contributed by atoms with Gasteiger partial charge in [0.05, 0.1) is 5.71 Å². The first-order valence-electron chi connectivity index (χ1n) is 4.82. The molecule has 0 heterocycles. The molecule has 0 spiro atoms. The number of carbonyl (C=O) groups excluding carboxylic acids is 1. The highest BCUT2D eigenvalue weighted by Crippen LogP contribution is 2.13. The van der Waals surface area contributed by atoms with Gasteiger partial charge >= 0.3 is 6.03 Å². The van der Waals surface area contributed by atoms with Crippen molar-refractivity contribution in [3.63, 3.8) is 0 Å². The van der Waals surface area contributed by atoms with Gasteiger partial charge in [0, 0.05) is 5.56 Å². The fourth-order valence-corrected chi connectivity index (χ4v) is 1.26. The van der Waals surface area contributed by atoms with E-state index in [2.05, 4.69) is 10.5 Å². The molecule has 2 amide bonds. The second-order valence-corrected chi connectivity index (χ2v) is 3.86. The first kappa shape index (κ1) is 12.2. The van der Waals surface area contributed by atoms with Crippen molar-refractivity contribution in [1.82, 2.24) is 5.43 Å². The van der Waals surface area contributed by atoms with Gasteiger partial charge in [-0.25, -0.2) is 10.2 Å². The Hall–Kier alpha value is -1.88. The average Bonchev–Trinajstić information content (AvgIpc) is 2.17. The molecule has 0 aliphatic heterocycles. The van der Waals surface area contributed by atoms with Crippen molar-refractivity contribution in [3.05, 3.63) is 35.9 Å². The smallest absolute Gasteiger partial charge is 0.332 e. The summed E-state index contributed by atoms with van der Waals surface area (Å²) in [5, 5.41) is 13.7. The van der Waals surface area contributed by atoms with Crippen molar-refractivity contribution in [3.8, 4) is 0 Å². The Morgan fingerprint density at radius 1 is 1.38 bits per heavy atom. The van der Waals surface area contributed by atoms with Crippen LogP contribution in [0.1, 0.15) is 19.4 Å². The SMILES string of the molecule is CC(C)(O)/C(=N\NC(N)=O)c1ccccc1. The standard InChI is InChI=1S/C11H15N3O2/c1-11(2,16)9(13-14-10(12)15)8-6-4-3-5-7-8/h3-7,16H,1-2H3,(H3,12,14,15)/b13-9-. The van der Waals surface area contributed by atoms with Gasteiger partial charge in [0.15, 0.2) is 0 Å². The van der Waals surface area contributed by atoms with E-state index in [4.69, 9.17) is 5.73 Å². The number of urea groups is 1. The number of hydrogen-bond donors (Lipinski definition) is 3. The minimum atomic E-state index is -1.16. The first-order valence-corrected chi connectivity index (χ1v) is 4.82. The van der Waals surface area contributed by atoms with E-state index in [1.165, 1.54) is 0 Å². The third-order valence-corrected chi connectivity index (χ3v) is 1.90. The molecule has 0 fully saturated rings. The summed E-state index contributed by atoms with van der Waals surface area (Å²) in [5.41, 5.74) is 6.96. The van der Waals surface area contributed by atoms with Crippen LogP contribution in [0.15, 0.2) is 35.4 Å². The van der Waals surface area contributed by atoms with Crippen LogP contribution in [0.4, 0.5) is 4.79 Å². The molecule has 0 saturated carbocycles. The third-order valence-electron chi connectivity index (χ3n) is 1.90. The Bertz CT molecular complexity index is 393. The van der Waals surface area contributed by atoms with Gasteiger partial charge in [0.2, 0.25) is 0 Å². The molecule has 5 nitrogen and oxygen atoms in total. The molecule has 16 heavy (non-hydrogen) atoms. The Balaban J connectivity index is 3.07. The first-order chi connectivity index (χ1) is 7.41. The monoisotopic (exact) mass is 221 g/mol. The summed E-state index contributed by atoms with van der Waals surface area (Å²) in [6.45, 7) is 3.17. The zero-order valence-electron chi connectivity index (χ0n) is 9.27. The molecule has 0 aromatic heterocycles. The van der Waals surface area contributed by atoms with Gasteiger partial charge in [-0.2, -0.15) is 5.10 Å². The lowest BCUT2D eigenvalue weighted by molar-refractivity contribution is 0.154. The molecule has 0 atom stereocenters. The molecule has 0 aliphatic rings. The molecule has 5 heteroatoms. The molecule has 1 aromatic rings. The number of carbonyl (C=O) groups is 1. The van der Waals surface area contributed by atoms with E-state index < -0.39 is 11.6 Å². The van der Waals surface area contributed by atoms with E-state index in [0.29, 0.717) is 5.71 Å². The van der Waals surface area contributed by atoms with Crippen LogP contribution in [0.5, 0.6) is 0 Å². The zero-order chi connectivity index (χ0) is 12.2. The topological polar surface area (TPSA) is 87.7 Å². The Kier molecular flexibility index (Phi) is 3.63. The summed E-state index contributed by atoms with van der Waals surface area (Å²) in [6.07, 6.45) is 0. The van der Waals surface area contributed by atoms with Crippen molar-refractivity contribution in [2.45, 2.75) is 19.4 Å². The number of amides is 2. The number of nitrogens with zero attached hydrogens (tertiary/aromatic N) is 1. The highest BCUT2D eigenvalue weighted by molar-refractivity contribution is 6.06. The van der Waals surface area contributed by atoms with Gasteiger partial charge in [-0.15, -0.1) is 0 Å². The van der Waals surface area contributed by atoms with E-state index in [9.17, 15) is 9.90 Å². The third kappa shape index (κ3) is 3.36. The van der Waals surface area contributed by atoms with Crippen LogP contribution >= 0.6 is 0 Å². The molecule has 86 valence electrons. The van der Waals surface area contributed by atoms with Crippen LogP contribution in [0.3, 0.4) is 0 Å². The van der Waals surface area contributed by atoms with Gasteiger partial charge in [0.1, 0.15) is 5.60 Å². The second kappa shape index (κ2) is 4.76. The van der Waals surface area contributed by atoms with E-state index in [-0.39, 0.29) is 0 Å². The van der Waals surface area contributed by atoms with Gasteiger partial charge in [0.25, 0.3) is 0 Å². The summed E-state index contributed by atoms with van der Waals surface area (Å²) < 4.78 is 0. The summed E-state index contributed by atoms with van der Waals surface area (Å²) in [7, 11) is 0. The average molecular weight is 221 g/mol. The van der Waals surface area contributed by atoms with Crippen LogP contribution in [-0.4, -0.2) is 22.5 Å². The lowest BCUT2D eigenvalue weighted by Gasteiger charge is -2.20. The van der Waals surface area contributed by atoms with Crippen LogP contribution in [0, 0.1) is 0 Å². The summed E-state index contributed by atoms with van der Waals surface area (Å²) in [4.78, 5) is 10.6. The van der Waals surface area contributed by atoms with Gasteiger partial charge in [-0.05, 0) is 13.8 Å². The number of nitrogens with one attached hydrogen (secondary N) is 1. The number of primary amides is 1. The number of aliphatic hydroxyl groups is 1. The molecule has 0 bridgehead atoms. The molecule has 0 unspecified atom stereocenters. The number of rotatable bonds is 3. The second-order valence-electron chi connectivity index (χ2n) is 3.86. The maximum atomic E-state index is 10.6. The quantitative estimate of drug-likeness (QED) is 0.521. The Labute approximate surface area is 94.0 Å². The number of hydrogen-bond acceptors (Lipinski definition) is 3. The predicted octanol–water partition coefficient (Wildman–Crippen LogP) is 0.830. The lowest BCUT2D eigenvalue weighted by Crippen LogP contribution is -2.36. The maximum absolute atomic E-state index is 10.6. The number of hydrazone groups is 1. The fourth-order valence-electron chi connectivity index (χ4n) is 1.26. The van der Waals surface area contributed by atoms with Crippen molar-refractivity contribution >= 4 is 11.7 Å². The fraction of sp³-hybridized carbons (Fsp3) is 0.273. The lowest BCUT2D eigenvalue weighted by atomic mass is 9.96. The highest BCUT2D eigenvalue weighted by atomic mass is 16.3. The van der Waals surface area contributed by atoms with Crippen LogP contribution in [0.25, 0.3) is 0 Å². The van der Waals surface area contributed by atoms with E-state index in [0.717, 1.165) is 5.56 Å². The van der Waals surface area contributed by atoms with E-state index >= 15 is 0 Å². The molecule has 0 radical (unpaired) electrons. The predicted molar refractivity (Wildman–Crippen MR) is 62.0 cm³/mol. The van der Waals surface area contributed by atoms with Crippen molar-refractivity contribution in [1.29, 1.82) is 0 Å². The van der Waals surface area contributed by atoms with Crippen LogP contribution in [-0.2, 0) is 0 Å². The molecular weight excluding hydrogens is 206 g/mol. The molecular formula is C11H15N3O2. The summed E-state index contributed by atoms with van der Waals surface area (Å²) in [5.74, 6) is 0. The zero-order valence-corrected chi connectivity index (χ0v) is 9.27. The van der Waals surface area contributed by atoms with Gasteiger partial charge < -0.3 is 10.8 Å². The van der Waals surface area contributed by atoms with Crippen LogP contribution < -0.4 is 11.2 Å². The molecule has 1 rings (SSSR count). The maximum Gasteiger partial charge on any atom is 0.332 e. The summed E-state index contributed by atoms with van der Waals surface area (Å²) >= 11 is 0. The minimum Gasteiger partial charge on any atom is -0.384 e. The van der Waals surface area contributed by atoms with Crippen molar-refractivity contribution < 1.29 is 9.90 Å². The van der Waals surface area contributed by atoms with Crippen molar-refractivity contribution in [2.24, 2.45) is 10.8 Å². The largest absolute Gasteiger partial charge is 0.384 e. The highest BCUT2D eigenvalue weighted by Gasteiger charge is 2.23. The number of benzene rings is 1. The molecule has 0 saturated heterocycles. The Morgan fingerprint density at radius 2 is 1.94 bits per heavy atom. The van der Waals surface area contributed by atoms with E-state index in [1.807, 2.05) is 18.2 Å². The molecule has 0 aliphatic carbocycles. The van der Waals surface area contributed by atoms with E-state index in [1.54, 1.807) is 26.0 Å². The normalized spacial score (nSPS) is 12.3.